The molecule has 0 spiro atoms. The second-order valence-electron chi connectivity index (χ2n) is 3.63. The fourth-order valence-corrected chi connectivity index (χ4v) is 3.32. The molecule has 0 radical (unpaired) electrons. The third kappa shape index (κ3) is 2.43. The fraction of sp³-hybridized carbons (Fsp3) is 0.0833. The minimum atomic E-state index is -4.46. The van der Waals surface area contributed by atoms with Crippen LogP contribution in [0.1, 0.15) is 15.9 Å². The van der Waals surface area contributed by atoms with Crippen LogP contribution in [0.2, 0.25) is 0 Å². The lowest BCUT2D eigenvalue weighted by Gasteiger charge is -2.16. The minimum Gasteiger partial charge on any atom is -0.478 e. The molecule has 0 saturated heterocycles. The van der Waals surface area contributed by atoms with Crippen LogP contribution in [0.3, 0.4) is 0 Å². The number of carboxylic acids is 1. The molecule has 1 aromatic carbocycles. The van der Waals surface area contributed by atoms with E-state index in [1.54, 1.807) is 23.0 Å². The third-order valence-corrected chi connectivity index (χ3v) is 4.35. The molecule has 0 aromatic heterocycles. The van der Waals surface area contributed by atoms with Crippen LogP contribution in [0.25, 0.3) is 0 Å². The summed E-state index contributed by atoms with van der Waals surface area (Å²) in [4.78, 5) is 11.2. The molecule has 2 rings (SSSR count). The molecule has 1 N–H and O–H groups in total. The summed E-state index contributed by atoms with van der Waals surface area (Å²) in [5.41, 5.74) is -0.899. The van der Waals surface area contributed by atoms with E-state index in [1.807, 2.05) is 0 Å². The topological polar surface area (TPSA) is 37.3 Å². The second-order valence-corrected chi connectivity index (χ2v) is 5.52. The molecule has 1 aliphatic heterocycles. The highest BCUT2D eigenvalue weighted by molar-refractivity contribution is 8.22. The molecule has 0 unspecified atom stereocenters. The molecule has 1 aromatic rings. The standard InChI is InChI=1S/C12H9F3O2S/c13-12(14,15)8-3-4-9(11(16)17)10(7-8)18-5-1-2-6-18/h1-7,18H,(H,16,17). The van der Waals surface area contributed by atoms with Crippen molar-refractivity contribution >= 4 is 16.9 Å². The van der Waals surface area contributed by atoms with E-state index in [1.165, 1.54) is 0 Å². The number of alkyl halides is 3. The van der Waals surface area contributed by atoms with Gasteiger partial charge in [-0.15, -0.1) is 0 Å². The van der Waals surface area contributed by atoms with Gasteiger partial charge >= 0.3 is 12.1 Å². The van der Waals surface area contributed by atoms with E-state index in [0.717, 1.165) is 18.2 Å². The molecule has 6 heteroatoms. The van der Waals surface area contributed by atoms with E-state index < -0.39 is 28.6 Å². The molecule has 0 atom stereocenters. The summed E-state index contributed by atoms with van der Waals surface area (Å²) in [5, 5.41) is 12.4. The Morgan fingerprint density at radius 3 is 2.28 bits per heavy atom. The number of hydrogen-bond acceptors (Lipinski definition) is 1. The van der Waals surface area contributed by atoms with Crippen LogP contribution >= 0.6 is 10.9 Å². The Morgan fingerprint density at radius 1 is 1.17 bits per heavy atom. The van der Waals surface area contributed by atoms with Gasteiger partial charge in [0.2, 0.25) is 0 Å². The number of benzene rings is 1. The fourth-order valence-electron chi connectivity index (χ4n) is 1.60. The van der Waals surface area contributed by atoms with Crippen molar-refractivity contribution in [2.24, 2.45) is 0 Å². The molecule has 0 saturated carbocycles. The van der Waals surface area contributed by atoms with E-state index in [4.69, 9.17) is 5.11 Å². The number of halogens is 3. The summed E-state index contributed by atoms with van der Waals surface area (Å²) in [5.74, 6) is -1.21. The van der Waals surface area contributed by atoms with Gasteiger partial charge in [0.25, 0.3) is 0 Å². The van der Waals surface area contributed by atoms with Crippen molar-refractivity contribution in [3.05, 3.63) is 52.3 Å². The first kappa shape index (κ1) is 12.8. The number of aromatic carboxylic acids is 1. The lowest BCUT2D eigenvalue weighted by molar-refractivity contribution is -0.137. The number of thiol groups is 1. The predicted molar refractivity (Wildman–Crippen MR) is 63.9 cm³/mol. The molecule has 1 heterocycles. The molecule has 18 heavy (non-hydrogen) atoms. The van der Waals surface area contributed by atoms with E-state index in [2.05, 4.69) is 0 Å². The van der Waals surface area contributed by atoms with E-state index in [9.17, 15) is 18.0 Å². The average molecular weight is 274 g/mol. The van der Waals surface area contributed by atoms with E-state index >= 15 is 0 Å². The molecule has 2 nitrogen and oxygen atoms in total. The van der Waals surface area contributed by atoms with Crippen LogP contribution in [0.5, 0.6) is 0 Å². The Labute approximate surface area is 104 Å². The van der Waals surface area contributed by atoms with Gasteiger partial charge in [-0.05, 0) is 29.0 Å². The van der Waals surface area contributed by atoms with Crippen molar-refractivity contribution < 1.29 is 23.1 Å². The van der Waals surface area contributed by atoms with E-state index in [0.29, 0.717) is 0 Å². The van der Waals surface area contributed by atoms with Crippen LogP contribution in [-0.2, 0) is 6.18 Å². The van der Waals surface area contributed by atoms with Gasteiger partial charge in [-0.2, -0.15) is 24.1 Å². The van der Waals surface area contributed by atoms with Crippen LogP contribution in [-0.4, -0.2) is 11.1 Å². The molecule has 0 aliphatic carbocycles. The summed E-state index contributed by atoms with van der Waals surface area (Å²) >= 11 is 0. The van der Waals surface area contributed by atoms with Gasteiger partial charge in [-0.3, -0.25) is 0 Å². The van der Waals surface area contributed by atoms with Crippen molar-refractivity contribution in [2.45, 2.75) is 11.1 Å². The zero-order valence-electron chi connectivity index (χ0n) is 8.98. The number of hydrogen-bond donors (Lipinski definition) is 2. The number of allylic oxidation sites excluding steroid dienone is 2. The summed E-state index contributed by atoms with van der Waals surface area (Å²) in [6.07, 6.45) is -1.05. The quantitative estimate of drug-likeness (QED) is 0.805. The first-order valence-electron chi connectivity index (χ1n) is 4.97. The van der Waals surface area contributed by atoms with Crippen molar-refractivity contribution in [1.29, 1.82) is 0 Å². The van der Waals surface area contributed by atoms with Crippen LogP contribution < -0.4 is 0 Å². The van der Waals surface area contributed by atoms with Crippen molar-refractivity contribution in [1.82, 2.24) is 0 Å². The normalized spacial score (nSPS) is 16.3. The van der Waals surface area contributed by atoms with Gasteiger partial charge in [-0.1, -0.05) is 12.2 Å². The second kappa shape index (κ2) is 4.53. The zero-order chi connectivity index (χ0) is 13.3. The predicted octanol–water partition coefficient (Wildman–Crippen LogP) is 3.80. The van der Waals surface area contributed by atoms with Crippen molar-refractivity contribution in [3.63, 3.8) is 0 Å². The third-order valence-electron chi connectivity index (χ3n) is 2.44. The first-order chi connectivity index (χ1) is 8.39. The van der Waals surface area contributed by atoms with Crippen LogP contribution in [0.4, 0.5) is 13.2 Å². The summed E-state index contributed by atoms with van der Waals surface area (Å²) in [6.45, 7) is 0. The minimum absolute atomic E-state index is 0.0784. The van der Waals surface area contributed by atoms with Gasteiger partial charge in [-0.25, -0.2) is 4.79 Å². The largest absolute Gasteiger partial charge is 0.478 e. The molecule has 0 amide bonds. The number of carboxylic acid groups (broad SMARTS) is 1. The maximum atomic E-state index is 12.6. The Kier molecular flexibility index (Phi) is 3.21. The number of carbonyl (C=O) groups is 1. The molecule has 0 fully saturated rings. The Hall–Kier alpha value is -1.69. The maximum Gasteiger partial charge on any atom is 0.416 e. The summed E-state index contributed by atoms with van der Waals surface area (Å²) in [6, 6.07) is 2.74. The lowest BCUT2D eigenvalue weighted by atomic mass is 10.1. The van der Waals surface area contributed by atoms with E-state index in [-0.39, 0.29) is 10.5 Å². The highest BCUT2D eigenvalue weighted by Crippen LogP contribution is 2.45. The highest BCUT2D eigenvalue weighted by atomic mass is 32.2. The van der Waals surface area contributed by atoms with Crippen LogP contribution in [0, 0.1) is 0 Å². The highest BCUT2D eigenvalue weighted by Gasteiger charge is 2.32. The van der Waals surface area contributed by atoms with Gasteiger partial charge in [0.1, 0.15) is 0 Å². The molecule has 0 bridgehead atoms. The van der Waals surface area contributed by atoms with Gasteiger partial charge in [0, 0.05) is 4.90 Å². The van der Waals surface area contributed by atoms with Crippen molar-refractivity contribution in [2.75, 3.05) is 0 Å². The zero-order valence-corrected chi connectivity index (χ0v) is 9.87. The SMILES string of the molecule is O=C(O)c1ccc(C(F)(F)F)cc1[SH]1C=CC=C1. The summed E-state index contributed by atoms with van der Waals surface area (Å²) in [7, 11) is -1.10. The van der Waals surface area contributed by atoms with Crippen molar-refractivity contribution in [3.8, 4) is 0 Å². The van der Waals surface area contributed by atoms with Gasteiger partial charge < -0.3 is 5.11 Å². The van der Waals surface area contributed by atoms with Crippen LogP contribution in [0.15, 0.2) is 46.1 Å². The average Bonchev–Trinajstić information content (AvgIpc) is 2.80. The number of rotatable bonds is 2. The smallest absolute Gasteiger partial charge is 0.416 e. The Bertz CT molecular complexity index is 535. The summed E-state index contributed by atoms with van der Waals surface area (Å²) < 4.78 is 37.8. The Balaban J connectivity index is 2.55. The molecular weight excluding hydrogens is 265 g/mol. The molecule has 1 aliphatic rings. The molecular formula is C12H9F3O2S. The van der Waals surface area contributed by atoms with Gasteiger partial charge in [0.05, 0.1) is 11.1 Å². The monoisotopic (exact) mass is 274 g/mol. The first-order valence-corrected chi connectivity index (χ1v) is 6.45. The molecule has 96 valence electrons. The lowest BCUT2D eigenvalue weighted by Crippen LogP contribution is -2.08. The van der Waals surface area contributed by atoms with Gasteiger partial charge in [0.15, 0.2) is 0 Å². The Morgan fingerprint density at radius 2 is 1.78 bits per heavy atom. The maximum absolute atomic E-state index is 12.6.